The van der Waals surface area contributed by atoms with Crippen LogP contribution >= 0.6 is 23.8 Å². The van der Waals surface area contributed by atoms with Gasteiger partial charge in [-0.1, -0.05) is 35.4 Å². The molecule has 2 aromatic heterocycles. The van der Waals surface area contributed by atoms with E-state index in [0.29, 0.717) is 33.0 Å². The van der Waals surface area contributed by atoms with Gasteiger partial charge in [-0.2, -0.15) is 0 Å². The fourth-order valence-electron chi connectivity index (χ4n) is 4.84. The first kappa shape index (κ1) is 26.6. The number of anilines is 1. The third-order valence-corrected chi connectivity index (χ3v) is 7.51. The lowest BCUT2D eigenvalue weighted by molar-refractivity contribution is 0.0697. The molecule has 0 saturated carbocycles. The largest absolute Gasteiger partial charge is 0.478 e. The third kappa shape index (κ3) is 5.39. The molecule has 2 N–H and O–H groups in total. The van der Waals surface area contributed by atoms with Crippen LogP contribution in [-0.4, -0.2) is 21.2 Å². The van der Waals surface area contributed by atoms with Gasteiger partial charge in [-0.3, -0.25) is 4.98 Å². The molecule has 0 unspecified atom stereocenters. The van der Waals surface area contributed by atoms with Crippen LogP contribution < -0.4 is 15.0 Å². The molecule has 7 nitrogen and oxygen atoms in total. The fraction of sp³-hybridized carbons (Fsp3) is 0.0938. The van der Waals surface area contributed by atoms with E-state index in [4.69, 9.17) is 33.0 Å². The van der Waals surface area contributed by atoms with Crippen molar-refractivity contribution in [3.63, 3.8) is 0 Å². The van der Waals surface area contributed by atoms with E-state index < -0.39 is 12.0 Å². The van der Waals surface area contributed by atoms with Gasteiger partial charge >= 0.3 is 5.97 Å². The van der Waals surface area contributed by atoms with Gasteiger partial charge in [-0.15, -0.1) is 0 Å². The number of carboxylic acids is 1. The summed E-state index contributed by atoms with van der Waals surface area (Å²) in [5.74, 6) is 1.47. The number of pyridine rings is 1. The van der Waals surface area contributed by atoms with Crippen LogP contribution in [0.4, 0.5) is 5.69 Å². The van der Waals surface area contributed by atoms with E-state index in [1.807, 2.05) is 84.6 Å². The number of hydrogen-bond donors (Lipinski definition) is 2. The lowest BCUT2D eigenvalue weighted by Crippen LogP contribution is -2.29. The third-order valence-electron chi connectivity index (χ3n) is 6.87. The van der Waals surface area contributed by atoms with Crippen molar-refractivity contribution in [2.24, 2.45) is 0 Å². The smallest absolute Gasteiger partial charge is 0.335 e. The zero-order chi connectivity index (χ0) is 28.5. The van der Waals surface area contributed by atoms with Gasteiger partial charge in [0.1, 0.15) is 29.1 Å². The summed E-state index contributed by atoms with van der Waals surface area (Å²) in [5.41, 5.74) is 3.41. The molecule has 0 bridgehead atoms. The number of ether oxygens (including phenoxy) is 1. The number of furan rings is 1. The number of aromatic carboxylic acids is 1. The highest BCUT2D eigenvalue weighted by Gasteiger charge is 2.42. The van der Waals surface area contributed by atoms with Crippen molar-refractivity contribution in [1.82, 2.24) is 10.3 Å². The molecular weight excluding hydrogens is 558 g/mol. The Labute approximate surface area is 247 Å². The molecule has 41 heavy (non-hydrogen) atoms. The molecule has 0 amide bonds. The predicted octanol–water partition coefficient (Wildman–Crippen LogP) is 7.97. The van der Waals surface area contributed by atoms with Crippen LogP contribution in [0.15, 0.2) is 108 Å². The summed E-state index contributed by atoms with van der Waals surface area (Å²) in [6.45, 7) is 2.03. The monoisotopic (exact) mass is 581 g/mol. The summed E-state index contributed by atoms with van der Waals surface area (Å²) >= 11 is 12.3. The lowest BCUT2D eigenvalue weighted by Gasteiger charge is -2.26. The topological polar surface area (TPSA) is 87.8 Å². The first-order chi connectivity index (χ1) is 19.9. The summed E-state index contributed by atoms with van der Waals surface area (Å²) in [6, 6.07) is 28.7. The van der Waals surface area contributed by atoms with Crippen LogP contribution in [0.5, 0.6) is 11.5 Å². The molecular formula is C32H24ClN3O4S. The second-order valence-electron chi connectivity index (χ2n) is 9.61. The van der Waals surface area contributed by atoms with Crippen molar-refractivity contribution in [1.29, 1.82) is 0 Å². The van der Waals surface area contributed by atoms with E-state index in [9.17, 15) is 9.90 Å². The standard InChI is InChI=1S/C32H24ClN3O4S/c1-19-5-10-22(11-6-19)39-23-12-8-21(9-13-23)36-30(29(35-32(36)41)26-4-2-3-17-34-26)28-16-15-27(40-28)24-18-20(31(37)38)7-14-25(24)33/h2-18,29-30H,1H3,(H,35,41)(H,37,38)/t29-,30+/m0/s1. The molecule has 1 aliphatic rings. The Bertz CT molecular complexity index is 1720. The molecule has 9 heteroatoms. The second kappa shape index (κ2) is 11.1. The summed E-state index contributed by atoms with van der Waals surface area (Å²) < 4.78 is 12.4. The minimum Gasteiger partial charge on any atom is -0.478 e. The lowest BCUT2D eigenvalue weighted by atomic mass is 10.0. The van der Waals surface area contributed by atoms with Gasteiger partial charge in [0.25, 0.3) is 0 Å². The van der Waals surface area contributed by atoms with E-state index in [-0.39, 0.29) is 11.6 Å². The number of thiocarbonyl (C=S) groups is 1. The van der Waals surface area contributed by atoms with Crippen LogP contribution in [0.2, 0.25) is 5.02 Å². The van der Waals surface area contributed by atoms with Crippen LogP contribution in [0.3, 0.4) is 0 Å². The van der Waals surface area contributed by atoms with Crippen LogP contribution in [0.1, 0.15) is 39.5 Å². The highest BCUT2D eigenvalue weighted by atomic mass is 35.5. The van der Waals surface area contributed by atoms with E-state index in [0.717, 1.165) is 22.7 Å². The molecule has 3 heterocycles. The van der Waals surface area contributed by atoms with Gasteiger partial charge in [0.2, 0.25) is 0 Å². The molecule has 0 radical (unpaired) electrons. The highest BCUT2D eigenvalue weighted by molar-refractivity contribution is 7.80. The number of aromatic nitrogens is 1. The SMILES string of the molecule is Cc1ccc(Oc2ccc(N3C(=S)N[C@@H](c4ccccn4)[C@H]3c3ccc(-c4cc(C(=O)O)ccc4Cl)o3)cc2)cc1. The number of rotatable bonds is 7. The number of halogens is 1. The number of nitrogens with one attached hydrogen (secondary N) is 1. The zero-order valence-electron chi connectivity index (χ0n) is 21.8. The van der Waals surface area contributed by atoms with E-state index in [1.165, 1.54) is 12.1 Å². The predicted molar refractivity (Wildman–Crippen MR) is 162 cm³/mol. The molecule has 1 saturated heterocycles. The number of carboxylic acid groups (broad SMARTS) is 1. The number of benzene rings is 3. The summed E-state index contributed by atoms with van der Waals surface area (Å²) in [7, 11) is 0. The summed E-state index contributed by atoms with van der Waals surface area (Å²) in [5, 5.41) is 13.8. The maximum absolute atomic E-state index is 11.6. The first-order valence-corrected chi connectivity index (χ1v) is 13.6. The molecule has 0 spiro atoms. The normalized spacial score (nSPS) is 16.4. The Morgan fingerprint density at radius 3 is 2.41 bits per heavy atom. The van der Waals surface area contributed by atoms with Gasteiger partial charge < -0.3 is 24.5 Å². The number of hydrogen-bond acceptors (Lipinski definition) is 5. The summed E-state index contributed by atoms with van der Waals surface area (Å²) in [4.78, 5) is 18.1. The number of aryl methyl sites for hydroxylation is 1. The van der Waals surface area contributed by atoms with Crippen LogP contribution in [0, 0.1) is 6.92 Å². The zero-order valence-corrected chi connectivity index (χ0v) is 23.4. The van der Waals surface area contributed by atoms with Crippen molar-refractivity contribution < 1.29 is 19.1 Å². The minimum absolute atomic E-state index is 0.118. The Hall–Kier alpha value is -4.66. The van der Waals surface area contributed by atoms with Gasteiger partial charge in [0, 0.05) is 17.4 Å². The molecule has 5 aromatic rings. The Morgan fingerprint density at radius 2 is 1.73 bits per heavy atom. The van der Waals surface area contributed by atoms with Crippen LogP contribution in [0.25, 0.3) is 11.3 Å². The highest BCUT2D eigenvalue weighted by Crippen LogP contribution is 2.44. The maximum atomic E-state index is 11.6. The average molecular weight is 582 g/mol. The van der Waals surface area contributed by atoms with Gasteiger partial charge in [-0.05, 0) is 98.0 Å². The van der Waals surface area contributed by atoms with E-state index in [2.05, 4.69) is 10.3 Å². The minimum atomic E-state index is -1.05. The summed E-state index contributed by atoms with van der Waals surface area (Å²) in [6.07, 6.45) is 1.74. The first-order valence-electron chi connectivity index (χ1n) is 12.9. The quantitative estimate of drug-likeness (QED) is 0.187. The molecule has 3 aromatic carbocycles. The average Bonchev–Trinajstić information content (AvgIpc) is 3.60. The van der Waals surface area contributed by atoms with Crippen molar-refractivity contribution in [2.45, 2.75) is 19.0 Å². The molecule has 6 rings (SSSR count). The van der Waals surface area contributed by atoms with Crippen LogP contribution in [-0.2, 0) is 0 Å². The van der Waals surface area contributed by atoms with Crippen molar-refractivity contribution >= 4 is 40.6 Å². The molecule has 204 valence electrons. The number of nitrogens with zero attached hydrogens (tertiary/aromatic N) is 2. The molecule has 2 atom stereocenters. The Morgan fingerprint density at radius 1 is 1.00 bits per heavy atom. The van der Waals surface area contributed by atoms with Gasteiger partial charge in [-0.25, -0.2) is 4.79 Å². The van der Waals surface area contributed by atoms with Crippen molar-refractivity contribution in [3.05, 3.63) is 131 Å². The molecule has 0 aliphatic carbocycles. The Balaban J connectivity index is 1.36. The van der Waals surface area contributed by atoms with E-state index in [1.54, 1.807) is 18.3 Å². The molecule has 1 aliphatic heterocycles. The number of carbonyl (C=O) groups is 1. The van der Waals surface area contributed by atoms with E-state index >= 15 is 0 Å². The Kier molecular flexibility index (Phi) is 7.17. The second-order valence-corrected chi connectivity index (χ2v) is 10.4. The maximum Gasteiger partial charge on any atom is 0.335 e. The molecule has 1 fully saturated rings. The fourth-order valence-corrected chi connectivity index (χ4v) is 5.40. The van der Waals surface area contributed by atoms with Gasteiger partial charge in [0.05, 0.1) is 22.3 Å². The van der Waals surface area contributed by atoms with Crippen molar-refractivity contribution in [3.8, 4) is 22.8 Å². The van der Waals surface area contributed by atoms with Gasteiger partial charge in [0.15, 0.2) is 5.11 Å². The van der Waals surface area contributed by atoms with Crippen molar-refractivity contribution in [2.75, 3.05) is 4.90 Å².